The first-order valence-electron chi connectivity index (χ1n) is 19.8. The maximum Gasteiger partial charge on any atom is 0.202 e. The summed E-state index contributed by atoms with van der Waals surface area (Å²) in [6.45, 7) is -2.57. The third kappa shape index (κ3) is 23.3. The highest BCUT2D eigenvalue weighted by Gasteiger charge is 2.20. The van der Waals surface area contributed by atoms with Gasteiger partial charge in [-0.1, -0.05) is 38.5 Å². The van der Waals surface area contributed by atoms with E-state index in [4.69, 9.17) is 20.4 Å². The van der Waals surface area contributed by atoms with Crippen LogP contribution in [0.2, 0.25) is 0 Å². The van der Waals surface area contributed by atoms with E-state index < -0.39 is 40.4 Å². The van der Waals surface area contributed by atoms with Gasteiger partial charge in [0.05, 0.1) is 0 Å². The van der Waals surface area contributed by atoms with Gasteiger partial charge in [0.15, 0.2) is 11.9 Å². The molecule has 0 aliphatic carbocycles. The number of aliphatic hydroxyl groups is 12. The Balaban J connectivity index is 4.90. The van der Waals surface area contributed by atoms with E-state index in [2.05, 4.69) is 30.6 Å². The summed E-state index contributed by atoms with van der Waals surface area (Å²) in [7, 11) is 0. The maximum absolute atomic E-state index is 10.2. The fourth-order valence-electron chi connectivity index (χ4n) is 6.04. The Morgan fingerprint density at radius 2 is 0.517 bits per heavy atom. The van der Waals surface area contributed by atoms with Crippen LogP contribution in [0.3, 0.4) is 0 Å². The van der Waals surface area contributed by atoms with Crippen molar-refractivity contribution in [2.45, 2.75) is 77.0 Å². The molecule has 0 atom stereocenters. The van der Waals surface area contributed by atoms with E-state index in [0.29, 0.717) is 77.8 Å². The van der Waals surface area contributed by atoms with E-state index in [1.165, 1.54) is 9.80 Å². The van der Waals surface area contributed by atoms with E-state index in [-0.39, 0.29) is 64.2 Å². The topological polar surface area (TPSA) is 336 Å². The van der Waals surface area contributed by atoms with Crippen LogP contribution in [0.4, 0.5) is 0 Å². The minimum Gasteiger partial charge on any atom is -0.376 e. The summed E-state index contributed by atoms with van der Waals surface area (Å²) in [6, 6.07) is 0. The van der Waals surface area contributed by atoms with Crippen LogP contribution in [0.25, 0.3) is 0 Å². The molecular weight excluding hydrogens is 768 g/mol. The highest BCUT2D eigenvalue weighted by molar-refractivity contribution is 5.81. The van der Waals surface area contributed by atoms with Crippen molar-refractivity contribution < 1.29 is 61.3 Å². The van der Waals surface area contributed by atoms with E-state index in [9.17, 15) is 40.9 Å². The van der Waals surface area contributed by atoms with Crippen molar-refractivity contribution in [2.75, 3.05) is 120 Å². The number of nitrogens with one attached hydrogen (secondary N) is 2. The van der Waals surface area contributed by atoms with Gasteiger partial charge in [-0.3, -0.25) is 0 Å². The average Bonchev–Trinajstić information content (AvgIpc) is 3.23. The summed E-state index contributed by atoms with van der Waals surface area (Å²) in [6.07, 6.45) is 8.62. The van der Waals surface area contributed by atoms with Gasteiger partial charge in [-0.25, -0.2) is 20.0 Å². The molecule has 24 heteroatoms. The molecule has 58 heavy (non-hydrogen) atoms. The van der Waals surface area contributed by atoms with Gasteiger partial charge >= 0.3 is 0 Å². The van der Waals surface area contributed by atoms with E-state index in [0.717, 1.165) is 38.5 Å². The van der Waals surface area contributed by atoms with Crippen LogP contribution >= 0.6 is 0 Å². The normalized spacial score (nSPS) is 12.6. The first-order chi connectivity index (χ1) is 28.3. The molecule has 342 valence electrons. The number of aliphatic hydroxyl groups excluding tert-OH is 12. The number of hydrogen-bond acceptors (Lipinski definition) is 16. The van der Waals surface area contributed by atoms with Crippen LogP contribution in [-0.2, 0) is 0 Å². The number of rotatable bonds is 33. The number of hydrogen-bond donors (Lipinski definition) is 14. The second-order valence-corrected chi connectivity index (χ2v) is 12.8. The first kappa shape index (κ1) is 54.6. The lowest BCUT2D eigenvalue weighted by molar-refractivity contribution is 0.112. The Morgan fingerprint density at radius 3 is 0.707 bits per heavy atom. The van der Waals surface area contributed by atoms with Gasteiger partial charge in [0, 0.05) is 39.3 Å². The van der Waals surface area contributed by atoms with Gasteiger partial charge < -0.3 is 101 Å². The molecule has 14 N–H and O–H groups in total. The van der Waals surface area contributed by atoms with E-state index >= 15 is 0 Å². The van der Waals surface area contributed by atoms with Crippen LogP contribution in [0.1, 0.15) is 77.0 Å². The SMILES string of the molecule is OC/N=C(/NCO)N(CO)CCCCCCN(CO)/C(=N/CO)N(CO)CCCCCCN(CO)/C(=N/CO)N(CO)CCCCCCN(CO)/C(=N/CO)NCO. The molecule has 0 aromatic rings. The largest absolute Gasteiger partial charge is 0.376 e. The zero-order valence-corrected chi connectivity index (χ0v) is 34.1. The number of guanidine groups is 4. The Hall–Kier alpha value is -3.40. The molecular formula is C34H74N12O12. The zero-order chi connectivity index (χ0) is 43.2. The number of nitrogens with zero attached hydrogens (tertiary/aromatic N) is 10. The summed E-state index contributed by atoms with van der Waals surface area (Å²) < 4.78 is 0. The van der Waals surface area contributed by atoms with Crippen molar-refractivity contribution in [1.82, 2.24) is 40.0 Å². The maximum atomic E-state index is 10.2. The molecule has 0 rings (SSSR count). The van der Waals surface area contributed by atoms with Crippen molar-refractivity contribution in [2.24, 2.45) is 20.0 Å². The van der Waals surface area contributed by atoms with Gasteiger partial charge in [-0.15, -0.1) is 0 Å². The fourth-order valence-corrected chi connectivity index (χ4v) is 6.04. The molecule has 0 aromatic heterocycles. The third-order valence-corrected chi connectivity index (χ3v) is 8.91. The lowest BCUT2D eigenvalue weighted by atomic mass is 10.1. The molecule has 0 fully saturated rings. The summed E-state index contributed by atoms with van der Waals surface area (Å²) in [5, 5.41) is 121. The lowest BCUT2D eigenvalue weighted by Crippen LogP contribution is -2.46. The Morgan fingerprint density at radius 1 is 0.293 bits per heavy atom. The highest BCUT2D eigenvalue weighted by Crippen LogP contribution is 2.11. The van der Waals surface area contributed by atoms with Crippen molar-refractivity contribution in [3.63, 3.8) is 0 Å². The van der Waals surface area contributed by atoms with E-state index in [1.807, 2.05) is 0 Å². The summed E-state index contributed by atoms with van der Waals surface area (Å²) in [4.78, 5) is 25.2. The standard InChI is InChI=1S/C34H74N12O12/c47-19-35-31(36-20-48)41(25-53)13-7-1-3-9-15-43(27-55)33(39-23-51)45(29-57)17-11-5-6-12-18-46(30-58)34(40-24-52)44(28-56)16-10-4-2-8-14-42(26-54)32(37-21-49)38-22-50/h47-58H,1-30H2,(H,35,36)(H,37,38)/b39-33-,40-34+. The van der Waals surface area contributed by atoms with Crippen molar-refractivity contribution in [3.8, 4) is 0 Å². The first-order valence-corrected chi connectivity index (χ1v) is 19.8. The predicted octanol–water partition coefficient (Wildman–Crippen LogP) is -4.52. The van der Waals surface area contributed by atoms with Gasteiger partial charge in [0.1, 0.15) is 80.8 Å². The smallest absolute Gasteiger partial charge is 0.202 e. The third-order valence-electron chi connectivity index (χ3n) is 8.91. The van der Waals surface area contributed by atoms with Crippen molar-refractivity contribution in [3.05, 3.63) is 0 Å². The summed E-state index contributed by atoms with van der Waals surface area (Å²) >= 11 is 0. The van der Waals surface area contributed by atoms with Gasteiger partial charge in [0.2, 0.25) is 11.9 Å². The Kier molecular flexibility index (Phi) is 35.6. The average molecular weight is 843 g/mol. The second kappa shape index (κ2) is 37.8. The number of unbranched alkanes of at least 4 members (excludes halogenated alkanes) is 9. The molecule has 0 unspecified atom stereocenters. The minimum absolute atomic E-state index is 0.187. The molecule has 0 amide bonds. The zero-order valence-electron chi connectivity index (χ0n) is 34.1. The second-order valence-electron chi connectivity index (χ2n) is 12.8. The minimum atomic E-state index is -0.533. The van der Waals surface area contributed by atoms with Crippen molar-refractivity contribution in [1.29, 1.82) is 0 Å². The quantitative estimate of drug-likeness (QED) is 0.0128. The van der Waals surface area contributed by atoms with Gasteiger partial charge in [-0.05, 0) is 38.5 Å². The van der Waals surface area contributed by atoms with Gasteiger partial charge in [-0.2, -0.15) is 0 Å². The summed E-state index contributed by atoms with van der Waals surface area (Å²) in [5.41, 5.74) is 0. The lowest BCUT2D eigenvalue weighted by Gasteiger charge is -2.32. The molecule has 0 spiro atoms. The van der Waals surface area contributed by atoms with Crippen molar-refractivity contribution >= 4 is 23.8 Å². The van der Waals surface area contributed by atoms with Crippen LogP contribution < -0.4 is 10.6 Å². The van der Waals surface area contributed by atoms with Crippen LogP contribution in [0.5, 0.6) is 0 Å². The van der Waals surface area contributed by atoms with Gasteiger partial charge in [0.25, 0.3) is 0 Å². The highest BCUT2D eigenvalue weighted by atomic mass is 16.3. The molecule has 0 aliphatic rings. The molecule has 24 nitrogen and oxygen atoms in total. The fraction of sp³-hybridized carbons (Fsp3) is 0.882. The van der Waals surface area contributed by atoms with Crippen LogP contribution in [0.15, 0.2) is 20.0 Å². The van der Waals surface area contributed by atoms with E-state index in [1.54, 1.807) is 19.6 Å². The molecule has 0 heterocycles. The molecule has 0 aromatic carbocycles. The Labute approximate surface area is 342 Å². The van der Waals surface area contributed by atoms with Crippen LogP contribution in [0, 0.1) is 0 Å². The van der Waals surface area contributed by atoms with Crippen LogP contribution in [-0.4, -0.2) is 235 Å². The molecule has 0 saturated heterocycles. The molecule has 0 radical (unpaired) electrons. The predicted molar refractivity (Wildman–Crippen MR) is 217 cm³/mol. The molecule has 0 saturated carbocycles. The molecule has 0 bridgehead atoms. The molecule has 0 aliphatic heterocycles. The summed E-state index contributed by atoms with van der Waals surface area (Å²) in [5.74, 6) is 0.909. The number of aliphatic imine (C=N–C) groups is 4. The Bertz CT molecular complexity index is 1020. The monoisotopic (exact) mass is 843 g/mol.